The highest BCUT2D eigenvalue weighted by molar-refractivity contribution is 6.10. The van der Waals surface area contributed by atoms with Crippen LogP contribution in [-0.4, -0.2) is 16.0 Å². The van der Waals surface area contributed by atoms with Crippen molar-refractivity contribution in [3.63, 3.8) is 0 Å². The maximum Gasteiger partial charge on any atom is 0.296 e. The van der Waals surface area contributed by atoms with Gasteiger partial charge in [-0.15, -0.1) is 0 Å². The fourth-order valence-electron chi connectivity index (χ4n) is 3.61. The van der Waals surface area contributed by atoms with Crippen molar-refractivity contribution in [2.75, 3.05) is 4.90 Å². The minimum absolute atomic E-state index is 0.0117. The number of benzene rings is 1. The van der Waals surface area contributed by atoms with E-state index in [4.69, 9.17) is 8.94 Å². The van der Waals surface area contributed by atoms with Gasteiger partial charge in [0.25, 0.3) is 5.91 Å². The summed E-state index contributed by atoms with van der Waals surface area (Å²) >= 11 is 0. The number of anilines is 1. The fourth-order valence-corrected chi connectivity index (χ4v) is 3.61. The Kier molecular flexibility index (Phi) is 3.45. The van der Waals surface area contributed by atoms with Crippen LogP contribution in [-0.2, 0) is 0 Å². The van der Waals surface area contributed by atoms with Gasteiger partial charge in [-0.05, 0) is 38.1 Å². The van der Waals surface area contributed by atoms with Crippen molar-refractivity contribution in [2.45, 2.75) is 19.9 Å². The first-order chi connectivity index (χ1) is 13.5. The molecular weight excluding hydrogens is 358 g/mol. The molecule has 0 bridgehead atoms. The molecule has 4 heterocycles. The largest absolute Gasteiger partial charge is 0.450 e. The molecule has 0 radical (unpaired) electrons. The summed E-state index contributed by atoms with van der Waals surface area (Å²) in [5.74, 6) is 0.430. The van der Waals surface area contributed by atoms with Crippen LogP contribution in [0.4, 0.5) is 5.82 Å². The Hall–Kier alpha value is -3.74. The molecule has 7 nitrogen and oxygen atoms in total. The number of fused-ring (bicyclic) bond motifs is 2. The van der Waals surface area contributed by atoms with Crippen molar-refractivity contribution in [3.8, 4) is 0 Å². The minimum atomic E-state index is -0.741. The number of hydrogen-bond acceptors (Lipinski definition) is 6. The molecule has 1 aliphatic rings. The second-order valence-corrected chi connectivity index (χ2v) is 6.80. The Bertz CT molecular complexity index is 1290. The second-order valence-electron chi connectivity index (χ2n) is 6.80. The molecule has 138 valence electrons. The molecule has 1 atom stereocenters. The number of aryl methyl sites for hydroxylation is 2. The zero-order chi connectivity index (χ0) is 19.4. The van der Waals surface area contributed by atoms with E-state index in [1.807, 2.05) is 19.1 Å². The lowest BCUT2D eigenvalue weighted by atomic mass is 10.0. The smallest absolute Gasteiger partial charge is 0.296 e. The van der Waals surface area contributed by atoms with Gasteiger partial charge in [-0.2, -0.15) is 0 Å². The van der Waals surface area contributed by atoms with E-state index in [9.17, 15) is 9.59 Å². The fraction of sp³-hybridized carbons (Fsp3) is 0.143. The third kappa shape index (κ3) is 2.29. The number of carbonyl (C=O) groups is 1. The first kappa shape index (κ1) is 16.4. The van der Waals surface area contributed by atoms with Crippen LogP contribution in [0.5, 0.6) is 0 Å². The lowest BCUT2D eigenvalue weighted by Gasteiger charge is -2.21. The van der Waals surface area contributed by atoms with Crippen LogP contribution in [0.15, 0.2) is 62.4 Å². The van der Waals surface area contributed by atoms with E-state index in [0.717, 1.165) is 5.56 Å². The number of aromatic nitrogens is 2. The first-order valence-corrected chi connectivity index (χ1v) is 8.80. The van der Waals surface area contributed by atoms with Crippen molar-refractivity contribution in [2.24, 2.45) is 0 Å². The van der Waals surface area contributed by atoms with Crippen molar-refractivity contribution in [1.29, 1.82) is 0 Å². The summed E-state index contributed by atoms with van der Waals surface area (Å²) in [6.07, 6.45) is 1.62. The van der Waals surface area contributed by atoms with Gasteiger partial charge in [0.05, 0.1) is 16.6 Å². The number of rotatable bonds is 2. The summed E-state index contributed by atoms with van der Waals surface area (Å²) in [5.41, 5.74) is 1.88. The van der Waals surface area contributed by atoms with Crippen molar-refractivity contribution in [1.82, 2.24) is 10.1 Å². The molecule has 1 amide bonds. The van der Waals surface area contributed by atoms with Gasteiger partial charge in [-0.3, -0.25) is 19.5 Å². The predicted octanol–water partition coefficient (Wildman–Crippen LogP) is 3.54. The van der Waals surface area contributed by atoms with E-state index in [2.05, 4.69) is 10.1 Å². The van der Waals surface area contributed by atoms with E-state index >= 15 is 0 Å². The minimum Gasteiger partial charge on any atom is -0.450 e. The van der Waals surface area contributed by atoms with E-state index in [-0.39, 0.29) is 16.8 Å². The topological polar surface area (TPSA) is 89.4 Å². The highest BCUT2D eigenvalue weighted by Crippen LogP contribution is 2.40. The number of nitrogens with zero attached hydrogens (tertiary/aromatic N) is 3. The lowest BCUT2D eigenvalue weighted by Crippen LogP contribution is -2.30. The monoisotopic (exact) mass is 373 g/mol. The molecule has 5 rings (SSSR count). The summed E-state index contributed by atoms with van der Waals surface area (Å²) in [6, 6.07) is 11.6. The first-order valence-electron chi connectivity index (χ1n) is 8.80. The van der Waals surface area contributed by atoms with Crippen LogP contribution in [0.3, 0.4) is 0 Å². The quantitative estimate of drug-likeness (QED) is 0.534. The number of carbonyl (C=O) groups excluding carboxylic acids is 1. The molecule has 0 spiro atoms. The standard InChI is InChI=1S/C21H15N3O4/c1-11-6-7-15-13(9-11)19(25)17-18(14-5-3-4-8-22-14)24(21(26)20(17)27-15)16-10-12(2)28-23-16/h3-10,18H,1-2H3. The molecule has 3 aromatic heterocycles. The lowest BCUT2D eigenvalue weighted by molar-refractivity contribution is 0.0969. The highest BCUT2D eigenvalue weighted by Gasteiger charge is 2.45. The Morgan fingerprint density at radius 1 is 1.07 bits per heavy atom. The molecule has 7 heteroatoms. The normalized spacial score (nSPS) is 16.0. The molecule has 4 aromatic rings. The molecule has 0 N–H and O–H groups in total. The van der Waals surface area contributed by atoms with Gasteiger partial charge < -0.3 is 8.94 Å². The summed E-state index contributed by atoms with van der Waals surface area (Å²) in [6.45, 7) is 3.64. The van der Waals surface area contributed by atoms with Gasteiger partial charge in [0.2, 0.25) is 5.76 Å². The van der Waals surface area contributed by atoms with E-state index < -0.39 is 11.9 Å². The number of amides is 1. The van der Waals surface area contributed by atoms with Gasteiger partial charge in [-0.1, -0.05) is 22.9 Å². The Balaban J connectivity index is 1.84. The van der Waals surface area contributed by atoms with E-state index in [1.54, 1.807) is 43.5 Å². The van der Waals surface area contributed by atoms with Crippen molar-refractivity contribution < 1.29 is 13.7 Å². The van der Waals surface area contributed by atoms with Gasteiger partial charge in [0.1, 0.15) is 17.4 Å². The Morgan fingerprint density at radius 2 is 1.93 bits per heavy atom. The molecule has 1 unspecified atom stereocenters. The highest BCUT2D eigenvalue weighted by atomic mass is 16.5. The SMILES string of the molecule is Cc1ccc2oc3c(c(=O)c2c1)C(c1ccccn1)N(c1cc(C)on1)C3=O. The van der Waals surface area contributed by atoms with E-state index in [0.29, 0.717) is 28.2 Å². The maximum absolute atomic E-state index is 13.4. The summed E-state index contributed by atoms with van der Waals surface area (Å²) in [5, 5.41) is 4.41. The maximum atomic E-state index is 13.4. The summed E-state index contributed by atoms with van der Waals surface area (Å²) < 4.78 is 11.0. The molecule has 0 saturated heterocycles. The van der Waals surface area contributed by atoms with Gasteiger partial charge in [-0.25, -0.2) is 0 Å². The second kappa shape index (κ2) is 5.88. The van der Waals surface area contributed by atoms with Gasteiger partial charge in [0, 0.05) is 12.3 Å². The van der Waals surface area contributed by atoms with Gasteiger partial charge >= 0.3 is 0 Å². The average molecular weight is 373 g/mol. The van der Waals surface area contributed by atoms with Gasteiger partial charge in [0.15, 0.2) is 11.2 Å². The summed E-state index contributed by atoms with van der Waals surface area (Å²) in [7, 11) is 0. The predicted molar refractivity (Wildman–Crippen MR) is 101 cm³/mol. The molecule has 1 aliphatic heterocycles. The van der Waals surface area contributed by atoms with Crippen LogP contribution < -0.4 is 10.3 Å². The Labute approximate surface area is 159 Å². The molecule has 1 aromatic carbocycles. The zero-order valence-corrected chi connectivity index (χ0v) is 15.2. The van der Waals surface area contributed by atoms with Crippen molar-refractivity contribution >= 4 is 22.7 Å². The van der Waals surface area contributed by atoms with Crippen molar-refractivity contribution in [3.05, 3.63) is 87.2 Å². The van der Waals surface area contributed by atoms with Crippen LogP contribution in [0.2, 0.25) is 0 Å². The number of hydrogen-bond donors (Lipinski definition) is 0. The third-order valence-corrected chi connectivity index (χ3v) is 4.86. The average Bonchev–Trinajstić information content (AvgIpc) is 3.24. The van der Waals surface area contributed by atoms with Crippen LogP contribution in [0.25, 0.3) is 11.0 Å². The molecule has 0 aliphatic carbocycles. The Morgan fingerprint density at radius 3 is 2.64 bits per heavy atom. The molecular formula is C21H15N3O4. The van der Waals surface area contributed by atoms with Crippen LogP contribution in [0, 0.1) is 13.8 Å². The molecule has 28 heavy (non-hydrogen) atoms. The van der Waals surface area contributed by atoms with E-state index in [1.165, 1.54) is 4.90 Å². The third-order valence-electron chi connectivity index (χ3n) is 4.86. The number of pyridine rings is 1. The molecule has 0 saturated carbocycles. The molecule has 0 fully saturated rings. The summed E-state index contributed by atoms with van der Waals surface area (Å²) in [4.78, 5) is 32.4. The van der Waals surface area contributed by atoms with Crippen LogP contribution in [0.1, 0.15) is 39.2 Å². The van der Waals surface area contributed by atoms with Crippen LogP contribution >= 0.6 is 0 Å². The zero-order valence-electron chi connectivity index (χ0n) is 15.2.